The fourth-order valence-corrected chi connectivity index (χ4v) is 5.16. The van der Waals surface area contributed by atoms with E-state index in [0.29, 0.717) is 23.8 Å². The molecule has 2 aliphatic rings. The van der Waals surface area contributed by atoms with Crippen LogP contribution >= 0.6 is 11.8 Å². The van der Waals surface area contributed by atoms with Gasteiger partial charge in [-0.1, -0.05) is 62.4 Å². The molecule has 4 rings (SSSR count). The van der Waals surface area contributed by atoms with Gasteiger partial charge < -0.3 is 5.32 Å². The van der Waals surface area contributed by atoms with E-state index in [-0.39, 0.29) is 23.1 Å². The second-order valence-electron chi connectivity index (χ2n) is 8.13. The normalized spacial score (nSPS) is 17.9. The quantitative estimate of drug-likeness (QED) is 0.658. The van der Waals surface area contributed by atoms with Crippen molar-refractivity contribution in [3.05, 3.63) is 59.2 Å². The average Bonchev–Trinajstić information content (AvgIpc) is 3.11. The molecule has 0 saturated heterocycles. The summed E-state index contributed by atoms with van der Waals surface area (Å²) >= 11 is 1.41. The monoisotopic (exact) mass is 448 g/mol. The minimum absolute atomic E-state index is 0.0625. The summed E-state index contributed by atoms with van der Waals surface area (Å²) in [6.45, 7) is 8.03. The van der Waals surface area contributed by atoms with E-state index in [9.17, 15) is 9.59 Å². The van der Waals surface area contributed by atoms with Crippen molar-refractivity contribution in [3.8, 4) is 0 Å². The van der Waals surface area contributed by atoms with Gasteiger partial charge in [-0.3, -0.25) is 14.5 Å². The summed E-state index contributed by atoms with van der Waals surface area (Å²) < 4.78 is 0. The predicted octanol–water partition coefficient (Wildman–Crippen LogP) is 5.21. The first-order valence-electron chi connectivity index (χ1n) is 11.1. The van der Waals surface area contributed by atoms with E-state index >= 15 is 0 Å². The Labute approximate surface area is 193 Å². The fraction of sp³-hybridized carbons (Fsp3) is 0.360. The summed E-state index contributed by atoms with van der Waals surface area (Å²) in [5.74, 6) is 0.443. The molecule has 0 aliphatic carbocycles. The lowest BCUT2D eigenvalue weighted by atomic mass is 10.1. The van der Waals surface area contributed by atoms with E-state index in [4.69, 9.17) is 4.99 Å². The van der Waals surface area contributed by atoms with Gasteiger partial charge in [-0.05, 0) is 49.9 Å². The van der Waals surface area contributed by atoms with E-state index in [0.717, 1.165) is 34.5 Å². The molecular weight excluding hydrogens is 420 g/mol. The molecular formula is C25H28N4O2S. The number of hydrogen-bond donors (Lipinski definition) is 1. The molecule has 2 aromatic rings. The number of nitrogens with zero attached hydrogens (tertiary/aromatic N) is 3. The zero-order chi connectivity index (χ0) is 22.8. The Bertz CT molecular complexity index is 1100. The van der Waals surface area contributed by atoms with Crippen molar-refractivity contribution in [2.24, 2.45) is 9.98 Å². The predicted molar refractivity (Wildman–Crippen MR) is 132 cm³/mol. The lowest BCUT2D eigenvalue weighted by Gasteiger charge is -2.32. The van der Waals surface area contributed by atoms with Crippen LogP contribution in [-0.2, 0) is 9.59 Å². The average molecular weight is 449 g/mol. The minimum atomic E-state index is -0.367. The molecule has 7 heteroatoms. The van der Waals surface area contributed by atoms with Gasteiger partial charge in [0.25, 0.3) is 5.91 Å². The first-order chi connectivity index (χ1) is 15.4. The Balaban J connectivity index is 1.65. The fourth-order valence-electron chi connectivity index (χ4n) is 4.10. The maximum Gasteiger partial charge on any atom is 0.270 e. The van der Waals surface area contributed by atoms with Crippen molar-refractivity contribution >= 4 is 46.0 Å². The van der Waals surface area contributed by atoms with E-state index in [1.165, 1.54) is 11.8 Å². The number of carbonyl (C=O) groups excluding carboxylic acids is 2. The Morgan fingerprint density at radius 2 is 1.81 bits per heavy atom. The van der Waals surface area contributed by atoms with Crippen LogP contribution in [-0.4, -0.2) is 39.0 Å². The molecule has 166 valence electrons. The molecule has 2 heterocycles. The van der Waals surface area contributed by atoms with Crippen molar-refractivity contribution in [1.29, 1.82) is 0 Å². The summed E-state index contributed by atoms with van der Waals surface area (Å²) in [5, 5.41) is 3.43. The summed E-state index contributed by atoms with van der Waals surface area (Å²) in [6, 6.07) is 13.3. The van der Waals surface area contributed by atoms with Crippen LogP contribution in [0.2, 0.25) is 0 Å². The van der Waals surface area contributed by atoms with Gasteiger partial charge >= 0.3 is 0 Å². The maximum atomic E-state index is 13.2. The Kier molecular flexibility index (Phi) is 6.46. The number of benzene rings is 2. The molecule has 2 aromatic carbocycles. The van der Waals surface area contributed by atoms with Gasteiger partial charge in [0.1, 0.15) is 11.9 Å². The lowest BCUT2D eigenvalue weighted by molar-refractivity contribution is -0.119. The number of aliphatic imine (C=N–C) groups is 2. The molecule has 6 nitrogen and oxygen atoms in total. The Morgan fingerprint density at radius 1 is 1.09 bits per heavy atom. The van der Waals surface area contributed by atoms with E-state index in [1.807, 2.05) is 68.1 Å². The van der Waals surface area contributed by atoms with Crippen LogP contribution in [0.5, 0.6) is 0 Å². The van der Waals surface area contributed by atoms with Gasteiger partial charge in [-0.25, -0.2) is 4.99 Å². The molecule has 0 aromatic heterocycles. The summed E-state index contributed by atoms with van der Waals surface area (Å²) in [6.07, 6.45) is 2.19. The van der Waals surface area contributed by atoms with Gasteiger partial charge in [-0.15, -0.1) is 0 Å². The third-order valence-corrected chi connectivity index (χ3v) is 7.14. The second-order valence-corrected chi connectivity index (χ2v) is 9.30. The molecule has 2 atom stereocenters. The third-order valence-electron chi connectivity index (χ3n) is 5.81. The van der Waals surface area contributed by atoms with Gasteiger partial charge in [0.15, 0.2) is 5.17 Å². The highest BCUT2D eigenvalue weighted by Gasteiger charge is 2.42. The van der Waals surface area contributed by atoms with Crippen molar-refractivity contribution in [3.63, 3.8) is 0 Å². The van der Waals surface area contributed by atoms with Gasteiger partial charge in [0.2, 0.25) is 5.91 Å². The highest BCUT2D eigenvalue weighted by Crippen LogP contribution is 2.37. The SMILES string of the molecule is CCCC1C(=O)N=C2c3ccccc3N=C(SC(CC)C(=O)Nc3c(C)cccc3C)N21. The van der Waals surface area contributed by atoms with E-state index in [2.05, 4.69) is 17.2 Å². The number of thioether (sulfide) groups is 1. The number of amides is 2. The Hall–Kier alpha value is -2.93. The number of amidine groups is 2. The van der Waals surface area contributed by atoms with E-state index in [1.54, 1.807) is 0 Å². The van der Waals surface area contributed by atoms with Crippen LogP contribution in [0.25, 0.3) is 0 Å². The molecule has 0 saturated carbocycles. The maximum absolute atomic E-state index is 13.2. The van der Waals surface area contributed by atoms with E-state index < -0.39 is 0 Å². The number of rotatable bonds is 6. The van der Waals surface area contributed by atoms with Crippen molar-refractivity contribution in [1.82, 2.24) is 4.90 Å². The molecule has 2 amide bonds. The summed E-state index contributed by atoms with van der Waals surface area (Å²) in [7, 11) is 0. The first-order valence-corrected chi connectivity index (χ1v) is 12.0. The molecule has 2 aliphatic heterocycles. The number of carbonyl (C=O) groups is 2. The minimum Gasteiger partial charge on any atom is -0.325 e. The standard InChI is InChI=1S/C25H28N4O2S/c1-5-10-19-23(30)28-22-17-13-7-8-14-18(17)26-25(29(19)22)32-20(6-2)24(31)27-21-15(3)11-9-12-16(21)4/h7-9,11-14,19-20H,5-6,10H2,1-4H3,(H,27,31). The molecule has 2 unspecified atom stereocenters. The van der Waals surface area contributed by atoms with Gasteiger partial charge in [-0.2, -0.15) is 4.99 Å². The highest BCUT2D eigenvalue weighted by atomic mass is 32.2. The first kappa shape index (κ1) is 22.3. The Morgan fingerprint density at radius 3 is 2.50 bits per heavy atom. The number of hydrogen-bond acceptors (Lipinski definition) is 5. The van der Waals surface area contributed by atoms with Crippen molar-refractivity contribution in [2.45, 2.75) is 58.2 Å². The van der Waals surface area contributed by atoms with Crippen LogP contribution in [0.15, 0.2) is 52.4 Å². The molecule has 0 spiro atoms. The lowest BCUT2D eigenvalue weighted by Crippen LogP contribution is -2.44. The zero-order valence-electron chi connectivity index (χ0n) is 18.9. The smallest absolute Gasteiger partial charge is 0.270 e. The van der Waals surface area contributed by atoms with Crippen molar-refractivity contribution < 1.29 is 9.59 Å². The number of fused-ring (bicyclic) bond motifs is 3. The molecule has 1 N–H and O–H groups in total. The number of para-hydroxylation sites is 2. The van der Waals surface area contributed by atoms with Crippen molar-refractivity contribution in [2.75, 3.05) is 5.32 Å². The summed E-state index contributed by atoms with van der Waals surface area (Å²) in [4.78, 5) is 37.1. The molecule has 0 radical (unpaired) electrons. The van der Waals surface area contributed by atoms with Gasteiger partial charge in [0.05, 0.1) is 10.9 Å². The number of aryl methyl sites for hydroxylation is 2. The third kappa shape index (κ3) is 4.09. The number of anilines is 1. The molecule has 0 fully saturated rings. The molecule has 32 heavy (non-hydrogen) atoms. The van der Waals surface area contributed by atoms with Crippen LogP contribution in [0.4, 0.5) is 11.4 Å². The van der Waals surface area contributed by atoms with Crippen LogP contribution in [0, 0.1) is 13.8 Å². The highest BCUT2D eigenvalue weighted by molar-refractivity contribution is 8.15. The largest absolute Gasteiger partial charge is 0.325 e. The van der Waals surface area contributed by atoms with Gasteiger partial charge in [0, 0.05) is 11.3 Å². The summed E-state index contributed by atoms with van der Waals surface area (Å²) in [5.41, 5.74) is 4.56. The topological polar surface area (TPSA) is 74.1 Å². The second kappa shape index (κ2) is 9.28. The number of nitrogens with one attached hydrogen (secondary N) is 1. The van der Waals surface area contributed by atoms with Crippen LogP contribution < -0.4 is 5.32 Å². The van der Waals surface area contributed by atoms with Crippen LogP contribution in [0.3, 0.4) is 0 Å². The molecule has 0 bridgehead atoms. The zero-order valence-corrected chi connectivity index (χ0v) is 19.7. The van der Waals surface area contributed by atoms with Crippen LogP contribution in [0.1, 0.15) is 49.8 Å².